The standard InChI is InChI=1S/C12H20N2.C12H16.C8H10/c1-9(2)5-6-11(4)14-12-7-10(3)8-13-12;1-3-10-8-12(11-6-7-11)5-4-9(10)2;1-2-8-6-4-3-5-7-8/h7,9H,4-6,8H2,1-3H3,(H,13,14);4-5,8,11H,3,6-7H2,1-2H3;3-7H,2H2,1H3. The largest absolute Gasteiger partial charge is 0.345 e. The van der Waals surface area contributed by atoms with Gasteiger partial charge < -0.3 is 5.32 Å². The van der Waals surface area contributed by atoms with Gasteiger partial charge in [-0.05, 0) is 98.1 Å². The van der Waals surface area contributed by atoms with Crippen LogP contribution in [0.1, 0.15) is 88.5 Å². The van der Waals surface area contributed by atoms with Crippen molar-refractivity contribution < 1.29 is 0 Å². The normalized spacial score (nSPS) is 14.3. The number of aliphatic imine (C=N–C) groups is 1. The molecular weight excluding hydrogens is 412 g/mol. The van der Waals surface area contributed by atoms with Crippen LogP contribution in [0.5, 0.6) is 0 Å². The van der Waals surface area contributed by atoms with Crippen LogP contribution in [0.15, 0.2) is 77.4 Å². The highest BCUT2D eigenvalue weighted by Crippen LogP contribution is 2.40. The first kappa shape index (κ1) is 27.6. The van der Waals surface area contributed by atoms with Gasteiger partial charge in [0.25, 0.3) is 0 Å². The van der Waals surface area contributed by atoms with Gasteiger partial charge in [0.05, 0.1) is 6.54 Å². The molecular formula is C32H46N2. The zero-order chi connectivity index (χ0) is 24.9. The van der Waals surface area contributed by atoms with Gasteiger partial charge in [0.15, 0.2) is 0 Å². The summed E-state index contributed by atoms with van der Waals surface area (Å²) in [6.07, 6.45) is 9.43. The third-order valence-corrected chi connectivity index (χ3v) is 6.26. The molecule has 0 bridgehead atoms. The highest BCUT2D eigenvalue weighted by atomic mass is 15.0. The fourth-order valence-electron chi connectivity index (χ4n) is 3.77. The third-order valence-electron chi connectivity index (χ3n) is 6.26. The third kappa shape index (κ3) is 10.5. The van der Waals surface area contributed by atoms with Crippen LogP contribution < -0.4 is 5.32 Å². The van der Waals surface area contributed by atoms with Crippen molar-refractivity contribution in [2.75, 3.05) is 6.54 Å². The Labute approximate surface area is 209 Å². The summed E-state index contributed by atoms with van der Waals surface area (Å²) in [5.41, 5.74) is 8.33. The van der Waals surface area contributed by atoms with E-state index in [1.54, 1.807) is 5.56 Å². The molecule has 184 valence electrons. The summed E-state index contributed by atoms with van der Waals surface area (Å²) in [5.74, 6) is 2.60. The van der Waals surface area contributed by atoms with Gasteiger partial charge in [0.2, 0.25) is 0 Å². The van der Waals surface area contributed by atoms with E-state index < -0.39 is 0 Å². The molecule has 1 heterocycles. The Morgan fingerprint density at radius 3 is 2.24 bits per heavy atom. The summed E-state index contributed by atoms with van der Waals surface area (Å²) in [6, 6.07) is 17.4. The minimum Gasteiger partial charge on any atom is -0.345 e. The van der Waals surface area contributed by atoms with Crippen molar-refractivity contribution in [2.24, 2.45) is 10.9 Å². The Hall–Kier alpha value is -2.61. The summed E-state index contributed by atoms with van der Waals surface area (Å²) in [5, 5.41) is 3.24. The number of rotatable bonds is 7. The Morgan fingerprint density at radius 1 is 1.03 bits per heavy atom. The predicted molar refractivity (Wildman–Crippen MR) is 151 cm³/mol. The van der Waals surface area contributed by atoms with Gasteiger partial charge in [-0.25, -0.2) is 0 Å². The molecule has 0 amide bonds. The number of aryl methyl sites for hydroxylation is 3. The van der Waals surface area contributed by atoms with Crippen molar-refractivity contribution in [1.29, 1.82) is 0 Å². The summed E-state index contributed by atoms with van der Waals surface area (Å²) in [4.78, 5) is 4.34. The van der Waals surface area contributed by atoms with Crippen molar-refractivity contribution in [3.63, 3.8) is 0 Å². The van der Waals surface area contributed by atoms with Crippen molar-refractivity contribution in [3.8, 4) is 0 Å². The van der Waals surface area contributed by atoms with E-state index in [4.69, 9.17) is 0 Å². The number of nitrogens with zero attached hydrogens (tertiary/aromatic N) is 1. The van der Waals surface area contributed by atoms with Crippen LogP contribution >= 0.6 is 0 Å². The molecule has 1 aliphatic heterocycles. The Balaban J connectivity index is 0.000000187. The van der Waals surface area contributed by atoms with E-state index in [2.05, 4.69) is 107 Å². The maximum atomic E-state index is 4.34. The number of benzene rings is 2. The van der Waals surface area contributed by atoms with E-state index in [1.807, 2.05) is 6.07 Å². The fraction of sp³-hybridized carbons (Fsp3) is 0.469. The summed E-state index contributed by atoms with van der Waals surface area (Å²) < 4.78 is 0. The van der Waals surface area contributed by atoms with E-state index in [0.29, 0.717) is 0 Å². The number of nitrogens with one attached hydrogen (secondary N) is 1. The number of allylic oxidation sites excluding steroid dienone is 1. The molecule has 0 radical (unpaired) electrons. The molecule has 2 aliphatic rings. The topological polar surface area (TPSA) is 24.4 Å². The summed E-state index contributed by atoms with van der Waals surface area (Å²) >= 11 is 0. The van der Waals surface area contributed by atoms with Crippen molar-refractivity contribution in [1.82, 2.24) is 5.32 Å². The van der Waals surface area contributed by atoms with Gasteiger partial charge in [0.1, 0.15) is 5.84 Å². The minimum absolute atomic E-state index is 0.733. The average molecular weight is 459 g/mol. The minimum atomic E-state index is 0.733. The van der Waals surface area contributed by atoms with Crippen LogP contribution in [-0.2, 0) is 12.8 Å². The Morgan fingerprint density at radius 2 is 1.74 bits per heavy atom. The lowest BCUT2D eigenvalue weighted by molar-refractivity contribution is 0.579. The zero-order valence-corrected chi connectivity index (χ0v) is 22.5. The average Bonchev–Trinajstić information content (AvgIpc) is 3.61. The molecule has 2 aromatic rings. The van der Waals surface area contributed by atoms with Gasteiger partial charge in [-0.2, -0.15) is 0 Å². The fourth-order valence-corrected chi connectivity index (χ4v) is 3.77. The van der Waals surface area contributed by atoms with Gasteiger partial charge >= 0.3 is 0 Å². The molecule has 2 heteroatoms. The molecule has 0 spiro atoms. The second-order valence-electron chi connectivity index (χ2n) is 10.0. The first-order valence-electron chi connectivity index (χ1n) is 13.1. The molecule has 2 aromatic carbocycles. The van der Waals surface area contributed by atoms with E-state index in [-0.39, 0.29) is 0 Å². The Kier molecular flexibility index (Phi) is 11.9. The maximum Gasteiger partial charge on any atom is 0.125 e. The molecule has 0 unspecified atom stereocenters. The smallest absolute Gasteiger partial charge is 0.125 e. The van der Waals surface area contributed by atoms with E-state index in [1.165, 1.54) is 47.9 Å². The molecule has 0 atom stereocenters. The quantitative estimate of drug-likeness (QED) is 0.441. The highest BCUT2D eigenvalue weighted by Gasteiger charge is 2.23. The molecule has 1 saturated carbocycles. The first-order chi connectivity index (χ1) is 16.3. The van der Waals surface area contributed by atoms with Crippen LogP contribution in [0.4, 0.5) is 0 Å². The lowest BCUT2D eigenvalue weighted by Gasteiger charge is -2.09. The SMILES string of the molecule is C=C(CCC(C)C)NC1=NCC(C)=C1.CCc1cc(C2CC2)ccc1C.CCc1ccccc1. The van der Waals surface area contributed by atoms with E-state index in [9.17, 15) is 0 Å². The predicted octanol–water partition coefficient (Wildman–Crippen LogP) is 8.57. The first-order valence-corrected chi connectivity index (χ1v) is 13.1. The molecule has 2 nitrogen and oxygen atoms in total. The number of amidine groups is 1. The second-order valence-corrected chi connectivity index (χ2v) is 10.0. The summed E-state index contributed by atoms with van der Waals surface area (Å²) in [7, 11) is 0. The molecule has 1 N–H and O–H groups in total. The van der Waals surface area contributed by atoms with Gasteiger partial charge in [0, 0.05) is 5.70 Å². The lowest BCUT2D eigenvalue weighted by Crippen LogP contribution is -2.19. The van der Waals surface area contributed by atoms with Crippen molar-refractivity contribution in [2.45, 2.75) is 86.0 Å². The van der Waals surface area contributed by atoms with Crippen LogP contribution in [0.3, 0.4) is 0 Å². The molecule has 4 rings (SSSR count). The molecule has 34 heavy (non-hydrogen) atoms. The van der Waals surface area contributed by atoms with Crippen LogP contribution in [0, 0.1) is 12.8 Å². The molecule has 1 aliphatic carbocycles. The van der Waals surface area contributed by atoms with Gasteiger partial charge in [-0.1, -0.05) is 82.8 Å². The van der Waals surface area contributed by atoms with Crippen molar-refractivity contribution >= 4 is 5.84 Å². The monoisotopic (exact) mass is 458 g/mol. The van der Waals surface area contributed by atoms with Crippen LogP contribution in [-0.4, -0.2) is 12.4 Å². The van der Waals surface area contributed by atoms with Gasteiger partial charge in [-0.3, -0.25) is 4.99 Å². The van der Waals surface area contributed by atoms with Crippen LogP contribution in [0.25, 0.3) is 0 Å². The van der Waals surface area contributed by atoms with Crippen LogP contribution in [0.2, 0.25) is 0 Å². The van der Waals surface area contributed by atoms with Gasteiger partial charge in [-0.15, -0.1) is 0 Å². The van der Waals surface area contributed by atoms with E-state index in [0.717, 1.165) is 42.8 Å². The highest BCUT2D eigenvalue weighted by molar-refractivity contribution is 5.96. The molecule has 0 saturated heterocycles. The molecule has 1 fully saturated rings. The Bertz CT molecular complexity index is 946. The zero-order valence-electron chi connectivity index (χ0n) is 22.5. The van der Waals surface area contributed by atoms with Crippen molar-refractivity contribution in [3.05, 3.63) is 94.7 Å². The molecule has 0 aromatic heterocycles. The van der Waals surface area contributed by atoms with E-state index >= 15 is 0 Å². The summed E-state index contributed by atoms with van der Waals surface area (Å²) in [6.45, 7) is 18.0. The lowest BCUT2D eigenvalue weighted by atomic mass is 10.0. The second kappa shape index (κ2) is 14.6. The maximum absolute atomic E-state index is 4.34. The number of hydrogen-bond donors (Lipinski definition) is 1. The number of hydrogen-bond acceptors (Lipinski definition) is 2.